The van der Waals surface area contributed by atoms with Crippen molar-refractivity contribution in [3.63, 3.8) is 0 Å². The quantitative estimate of drug-likeness (QED) is 0.726. The fraction of sp³-hybridized carbons (Fsp3) is 0. The van der Waals surface area contributed by atoms with E-state index in [2.05, 4.69) is 5.32 Å². The van der Waals surface area contributed by atoms with E-state index >= 15 is 0 Å². The Morgan fingerprint density at radius 1 is 1.05 bits per heavy atom. The Morgan fingerprint density at radius 3 is 2.45 bits per heavy atom. The molecule has 0 atom stereocenters. The van der Waals surface area contributed by atoms with Gasteiger partial charge in [-0.1, -0.05) is 41.4 Å². The molecule has 0 fully saturated rings. The molecule has 0 radical (unpaired) electrons. The predicted molar refractivity (Wildman–Crippen MR) is 86.5 cm³/mol. The smallest absolute Gasteiger partial charge is 0.261 e. The van der Waals surface area contributed by atoms with E-state index in [1.54, 1.807) is 36.4 Å². The van der Waals surface area contributed by atoms with Crippen LogP contribution in [0.2, 0.25) is 10.0 Å². The van der Waals surface area contributed by atoms with Gasteiger partial charge in [-0.05, 0) is 30.3 Å². The third-order valence-corrected chi connectivity index (χ3v) is 3.48. The Bertz CT molecular complexity index is 915. The standard InChI is InChI=1S/C16H10Cl2N2O2/c17-10-6-11(18)8-12(7-10)20-16(21)13-5-9-3-1-2-4-14(9)22-15(13)19/h1-8,19H,(H,20,21). The minimum absolute atomic E-state index is 0.134. The summed E-state index contributed by atoms with van der Waals surface area (Å²) < 4.78 is 5.35. The molecule has 4 nitrogen and oxygen atoms in total. The molecule has 6 heteroatoms. The number of halogens is 2. The summed E-state index contributed by atoms with van der Waals surface area (Å²) in [5.41, 5.74) is 0.934. The van der Waals surface area contributed by atoms with Crippen molar-refractivity contribution in [3.8, 4) is 0 Å². The lowest BCUT2D eigenvalue weighted by molar-refractivity contribution is 0.102. The topological polar surface area (TPSA) is 66.1 Å². The van der Waals surface area contributed by atoms with Crippen molar-refractivity contribution < 1.29 is 9.21 Å². The highest BCUT2D eigenvalue weighted by molar-refractivity contribution is 6.35. The second-order valence-electron chi connectivity index (χ2n) is 4.64. The Labute approximate surface area is 135 Å². The zero-order valence-electron chi connectivity index (χ0n) is 11.2. The average Bonchev–Trinajstić information content (AvgIpc) is 2.45. The van der Waals surface area contributed by atoms with Gasteiger partial charge in [-0.25, -0.2) is 0 Å². The summed E-state index contributed by atoms with van der Waals surface area (Å²) in [6.45, 7) is 0. The first-order chi connectivity index (χ1) is 10.5. The van der Waals surface area contributed by atoms with Crippen LogP contribution in [0.25, 0.3) is 11.0 Å². The molecular formula is C16H10Cl2N2O2. The van der Waals surface area contributed by atoms with Crippen molar-refractivity contribution in [2.24, 2.45) is 0 Å². The van der Waals surface area contributed by atoms with Crippen molar-refractivity contribution in [2.45, 2.75) is 0 Å². The van der Waals surface area contributed by atoms with Gasteiger partial charge < -0.3 is 9.73 Å². The van der Waals surface area contributed by atoms with Crippen LogP contribution in [-0.2, 0) is 0 Å². The van der Waals surface area contributed by atoms with Gasteiger partial charge >= 0.3 is 0 Å². The number of carbonyl (C=O) groups excluding carboxylic acids is 1. The predicted octanol–water partition coefficient (Wildman–Crippen LogP) is 4.47. The van der Waals surface area contributed by atoms with Gasteiger partial charge in [0, 0.05) is 21.1 Å². The lowest BCUT2D eigenvalue weighted by Gasteiger charge is -2.07. The molecule has 0 bridgehead atoms. The van der Waals surface area contributed by atoms with Crippen LogP contribution < -0.4 is 10.9 Å². The van der Waals surface area contributed by atoms with Crippen molar-refractivity contribution >= 4 is 45.8 Å². The largest absolute Gasteiger partial charge is 0.438 e. The number of para-hydroxylation sites is 1. The van der Waals surface area contributed by atoms with Crippen LogP contribution in [0, 0.1) is 5.41 Å². The van der Waals surface area contributed by atoms with Crippen molar-refractivity contribution in [1.82, 2.24) is 0 Å². The second kappa shape index (κ2) is 5.83. The summed E-state index contributed by atoms with van der Waals surface area (Å²) in [5.74, 6) is -0.460. The van der Waals surface area contributed by atoms with E-state index in [0.29, 0.717) is 21.3 Å². The SMILES string of the molecule is N=c1oc2ccccc2cc1C(=O)Nc1cc(Cl)cc(Cl)c1. The highest BCUT2D eigenvalue weighted by Crippen LogP contribution is 2.23. The molecule has 1 amide bonds. The first kappa shape index (κ1) is 14.6. The Kier molecular flexibility index (Phi) is 3.88. The molecule has 0 aliphatic rings. The van der Waals surface area contributed by atoms with E-state index in [4.69, 9.17) is 33.0 Å². The maximum atomic E-state index is 12.3. The summed E-state index contributed by atoms with van der Waals surface area (Å²) in [6, 6.07) is 13.5. The van der Waals surface area contributed by atoms with Crippen LogP contribution in [0.4, 0.5) is 5.69 Å². The number of anilines is 1. The van der Waals surface area contributed by atoms with Gasteiger partial charge in [0.1, 0.15) is 11.1 Å². The maximum absolute atomic E-state index is 12.3. The number of fused-ring (bicyclic) bond motifs is 1. The van der Waals surface area contributed by atoms with Crippen molar-refractivity contribution in [1.29, 1.82) is 5.41 Å². The fourth-order valence-electron chi connectivity index (χ4n) is 2.07. The molecule has 1 aromatic heterocycles. The zero-order chi connectivity index (χ0) is 15.7. The molecule has 3 aromatic rings. The molecule has 1 heterocycles. The van der Waals surface area contributed by atoms with Gasteiger partial charge in [-0.2, -0.15) is 0 Å². The molecule has 0 aliphatic carbocycles. The van der Waals surface area contributed by atoms with Crippen molar-refractivity contribution in [2.75, 3.05) is 5.32 Å². The summed E-state index contributed by atoms with van der Waals surface area (Å²) in [6.07, 6.45) is 0. The summed E-state index contributed by atoms with van der Waals surface area (Å²) in [5, 5.41) is 12.1. The molecule has 3 rings (SSSR count). The molecule has 110 valence electrons. The monoisotopic (exact) mass is 332 g/mol. The van der Waals surface area contributed by atoms with E-state index in [0.717, 1.165) is 5.39 Å². The Morgan fingerprint density at radius 2 is 1.73 bits per heavy atom. The van der Waals surface area contributed by atoms with E-state index in [1.807, 2.05) is 12.1 Å². The molecule has 22 heavy (non-hydrogen) atoms. The molecule has 0 saturated heterocycles. The highest BCUT2D eigenvalue weighted by atomic mass is 35.5. The van der Waals surface area contributed by atoms with Gasteiger partial charge in [0.05, 0.1) is 0 Å². The van der Waals surface area contributed by atoms with Gasteiger partial charge in [-0.3, -0.25) is 10.2 Å². The number of amides is 1. The van der Waals surface area contributed by atoms with Gasteiger partial charge in [0.2, 0.25) is 5.55 Å². The van der Waals surface area contributed by atoms with Gasteiger partial charge in [0.25, 0.3) is 5.91 Å². The number of hydrogen-bond donors (Lipinski definition) is 2. The molecule has 0 saturated carbocycles. The first-order valence-corrected chi connectivity index (χ1v) is 7.13. The Hall–Kier alpha value is -2.30. The molecule has 0 aliphatic heterocycles. The maximum Gasteiger partial charge on any atom is 0.261 e. The van der Waals surface area contributed by atoms with E-state index < -0.39 is 5.91 Å². The van der Waals surface area contributed by atoms with Crippen LogP contribution in [0.15, 0.2) is 52.9 Å². The fourth-order valence-corrected chi connectivity index (χ4v) is 2.60. The molecule has 2 N–H and O–H groups in total. The average molecular weight is 333 g/mol. The van der Waals surface area contributed by atoms with Gasteiger partial charge in [0.15, 0.2) is 0 Å². The Balaban J connectivity index is 1.98. The zero-order valence-corrected chi connectivity index (χ0v) is 12.7. The summed E-state index contributed by atoms with van der Waals surface area (Å²) >= 11 is 11.8. The molecule has 0 unspecified atom stereocenters. The van der Waals surface area contributed by atoms with Crippen LogP contribution in [0.5, 0.6) is 0 Å². The molecule has 0 spiro atoms. The van der Waals surface area contributed by atoms with E-state index in [9.17, 15) is 4.79 Å². The van der Waals surface area contributed by atoms with Gasteiger partial charge in [-0.15, -0.1) is 0 Å². The number of nitrogens with one attached hydrogen (secondary N) is 2. The minimum Gasteiger partial charge on any atom is -0.438 e. The minimum atomic E-state index is -0.460. The highest BCUT2D eigenvalue weighted by Gasteiger charge is 2.12. The summed E-state index contributed by atoms with van der Waals surface area (Å²) in [4.78, 5) is 12.3. The number of rotatable bonds is 2. The molecule has 2 aromatic carbocycles. The van der Waals surface area contributed by atoms with Crippen LogP contribution in [0.1, 0.15) is 10.4 Å². The number of benzene rings is 2. The van der Waals surface area contributed by atoms with E-state index in [1.165, 1.54) is 0 Å². The van der Waals surface area contributed by atoms with Crippen LogP contribution >= 0.6 is 23.2 Å². The van der Waals surface area contributed by atoms with Crippen LogP contribution in [-0.4, -0.2) is 5.91 Å². The third-order valence-electron chi connectivity index (χ3n) is 3.04. The lowest BCUT2D eigenvalue weighted by Crippen LogP contribution is -2.20. The number of hydrogen-bond acceptors (Lipinski definition) is 3. The number of carbonyl (C=O) groups is 1. The normalized spacial score (nSPS) is 10.6. The summed E-state index contributed by atoms with van der Waals surface area (Å²) in [7, 11) is 0. The van der Waals surface area contributed by atoms with E-state index in [-0.39, 0.29) is 11.1 Å². The lowest BCUT2D eigenvalue weighted by atomic mass is 10.1. The third kappa shape index (κ3) is 2.98. The first-order valence-electron chi connectivity index (χ1n) is 6.38. The second-order valence-corrected chi connectivity index (χ2v) is 5.51. The van der Waals surface area contributed by atoms with Crippen molar-refractivity contribution in [3.05, 3.63) is 69.7 Å². The van der Waals surface area contributed by atoms with Crippen LogP contribution in [0.3, 0.4) is 0 Å². The molecular weight excluding hydrogens is 323 g/mol.